The Balaban J connectivity index is 2.20. The molecule has 0 aliphatic carbocycles. The van der Waals surface area contributed by atoms with Crippen LogP contribution in [0.1, 0.15) is 22.7 Å². The summed E-state index contributed by atoms with van der Waals surface area (Å²) in [5.41, 5.74) is 9.61. The quantitative estimate of drug-likeness (QED) is 0.656. The fourth-order valence-electron chi connectivity index (χ4n) is 2.48. The minimum absolute atomic E-state index is 0.267. The van der Waals surface area contributed by atoms with Gasteiger partial charge in [0.2, 0.25) is 0 Å². The van der Waals surface area contributed by atoms with E-state index in [1.807, 2.05) is 18.2 Å². The lowest BCUT2D eigenvalue weighted by atomic mass is 9.93. The highest BCUT2D eigenvalue weighted by Gasteiger charge is 2.18. The van der Waals surface area contributed by atoms with E-state index in [-0.39, 0.29) is 6.04 Å². The first-order valence-corrected chi connectivity index (χ1v) is 7.83. The Morgan fingerprint density at radius 1 is 1.00 bits per heavy atom. The maximum atomic E-state index is 6.41. The van der Waals surface area contributed by atoms with Gasteiger partial charge in [0.1, 0.15) is 0 Å². The van der Waals surface area contributed by atoms with Crippen molar-refractivity contribution in [1.29, 1.82) is 0 Å². The van der Waals surface area contributed by atoms with Crippen LogP contribution in [0.2, 0.25) is 8.67 Å². The zero-order valence-electron chi connectivity index (χ0n) is 10.9. The molecule has 102 valence electrons. The Hall–Kier alpha value is -1.06. The van der Waals surface area contributed by atoms with Gasteiger partial charge < -0.3 is 5.73 Å². The van der Waals surface area contributed by atoms with E-state index in [1.165, 1.54) is 27.7 Å². The predicted molar refractivity (Wildman–Crippen MR) is 89.1 cm³/mol. The van der Waals surface area contributed by atoms with Crippen molar-refractivity contribution in [2.45, 2.75) is 13.0 Å². The first kappa shape index (κ1) is 13.9. The lowest BCUT2D eigenvalue weighted by molar-refractivity contribution is 0.886. The van der Waals surface area contributed by atoms with Crippen LogP contribution in [-0.4, -0.2) is 0 Å². The third-order valence-corrected chi connectivity index (χ3v) is 5.05. The van der Waals surface area contributed by atoms with Gasteiger partial charge in [-0.2, -0.15) is 0 Å². The molecular weight excluding hydrogens is 309 g/mol. The second-order valence-electron chi connectivity index (χ2n) is 4.77. The standard InChI is InChI=1S/C16H13Cl2NS/c1-9-6-7-12(11-5-3-2-4-10(9)11)15(19)13-8-14(17)20-16(13)18/h2-8,15H,19H2,1H3. The molecule has 1 heterocycles. The molecule has 1 unspecified atom stereocenters. The van der Waals surface area contributed by atoms with Crippen molar-refractivity contribution in [1.82, 2.24) is 0 Å². The summed E-state index contributed by atoms with van der Waals surface area (Å²) < 4.78 is 1.32. The van der Waals surface area contributed by atoms with Crippen LogP contribution in [0.4, 0.5) is 0 Å². The van der Waals surface area contributed by atoms with E-state index in [9.17, 15) is 0 Å². The predicted octanol–water partition coefficient (Wildman–Crippen LogP) is 5.56. The van der Waals surface area contributed by atoms with Crippen LogP contribution in [0, 0.1) is 6.92 Å². The fraction of sp³-hybridized carbons (Fsp3) is 0.125. The summed E-state index contributed by atoms with van der Waals surface area (Å²) in [5, 5.41) is 2.39. The largest absolute Gasteiger partial charge is 0.320 e. The van der Waals surface area contributed by atoms with Crippen molar-refractivity contribution in [3.05, 3.63) is 67.8 Å². The molecular formula is C16H13Cl2NS. The van der Waals surface area contributed by atoms with E-state index >= 15 is 0 Å². The van der Waals surface area contributed by atoms with Crippen LogP contribution in [-0.2, 0) is 0 Å². The number of nitrogens with two attached hydrogens (primary N) is 1. The van der Waals surface area contributed by atoms with Gasteiger partial charge in [0.15, 0.2) is 0 Å². The molecule has 2 aromatic carbocycles. The normalized spacial score (nSPS) is 12.8. The zero-order valence-corrected chi connectivity index (χ0v) is 13.2. The summed E-state index contributed by atoms with van der Waals surface area (Å²) in [4.78, 5) is 0. The van der Waals surface area contributed by atoms with E-state index in [2.05, 4.69) is 31.2 Å². The first-order chi connectivity index (χ1) is 9.58. The summed E-state index contributed by atoms with van der Waals surface area (Å²) >= 11 is 13.6. The smallest absolute Gasteiger partial charge is 0.0995 e. The number of aryl methyl sites for hydroxylation is 1. The Morgan fingerprint density at radius 3 is 2.35 bits per heavy atom. The van der Waals surface area contributed by atoms with Crippen LogP contribution in [0.3, 0.4) is 0 Å². The molecule has 0 fully saturated rings. The van der Waals surface area contributed by atoms with Gasteiger partial charge in [0, 0.05) is 5.56 Å². The summed E-state index contributed by atoms with van der Waals surface area (Å²) in [6.07, 6.45) is 0. The van der Waals surface area contributed by atoms with Gasteiger partial charge in [-0.05, 0) is 34.9 Å². The number of thiophene rings is 1. The summed E-state index contributed by atoms with van der Waals surface area (Å²) in [6, 6.07) is 14.0. The van der Waals surface area contributed by atoms with Gasteiger partial charge in [-0.25, -0.2) is 0 Å². The first-order valence-electron chi connectivity index (χ1n) is 6.26. The van der Waals surface area contributed by atoms with Crippen molar-refractivity contribution >= 4 is 45.3 Å². The highest BCUT2D eigenvalue weighted by molar-refractivity contribution is 7.20. The third kappa shape index (κ3) is 2.33. The minimum atomic E-state index is -0.267. The lowest BCUT2D eigenvalue weighted by Crippen LogP contribution is -2.12. The van der Waals surface area contributed by atoms with Gasteiger partial charge in [0.05, 0.1) is 14.7 Å². The average molecular weight is 322 g/mol. The van der Waals surface area contributed by atoms with E-state index in [1.54, 1.807) is 0 Å². The fourth-order valence-corrected chi connectivity index (χ4v) is 4.03. The Kier molecular flexibility index (Phi) is 3.74. The van der Waals surface area contributed by atoms with E-state index < -0.39 is 0 Å². The Bertz CT molecular complexity index is 779. The third-order valence-electron chi connectivity index (χ3n) is 3.53. The Morgan fingerprint density at radius 2 is 1.70 bits per heavy atom. The second kappa shape index (κ2) is 5.38. The highest BCUT2D eigenvalue weighted by Crippen LogP contribution is 2.38. The maximum absolute atomic E-state index is 6.41. The molecule has 0 aliphatic rings. The van der Waals surface area contributed by atoms with Crippen LogP contribution < -0.4 is 5.73 Å². The summed E-state index contributed by atoms with van der Waals surface area (Å²) in [7, 11) is 0. The molecule has 4 heteroatoms. The van der Waals surface area contributed by atoms with Crippen molar-refractivity contribution in [3.8, 4) is 0 Å². The summed E-state index contributed by atoms with van der Waals surface area (Å²) in [6.45, 7) is 2.10. The monoisotopic (exact) mass is 321 g/mol. The van der Waals surface area contributed by atoms with E-state index in [0.29, 0.717) is 8.67 Å². The van der Waals surface area contributed by atoms with Crippen LogP contribution in [0.15, 0.2) is 42.5 Å². The topological polar surface area (TPSA) is 26.0 Å². The van der Waals surface area contributed by atoms with E-state index in [4.69, 9.17) is 28.9 Å². The molecule has 2 N–H and O–H groups in total. The zero-order chi connectivity index (χ0) is 14.3. The molecule has 3 aromatic rings. The van der Waals surface area contributed by atoms with Gasteiger partial charge in [-0.15, -0.1) is 11.3 Å². The molecule has 0 saturated heterocycles. The van der Waals surface area contributed by atoms with Gasteiger partial charge in [-0.3, -0.25) is 0 Å². The molecule has 0 saturated carbocycles. The summed E-state index contributed by atoms with van der Waals surface area (Å²) in [5.74, 6) is 0. The Labute approximate surface area is 131 Å². The molecule has 1 nitrogen and oxygen atoms in total. The molecule has 0 aliphatic heterocycles. The molecule has 0 radical (unpaired) electrons. The van der Waals surface area contributed by atoms with Crippen molar-refractivity contribution < 1.29 is 0 Å². The number of hydrogen-bond donors (Lipinski definition) is 1. The number of rotatable bonds is 2. The molecule has 1 aromatic heterocycles. The molecule has 0 amide bonds. The molecule has 0 spiro atoms. The number of fused-ring (bicyclic) bond motifs is 1. The van der Waals surface area contributed by atoms with Crippen molar-refractivity contribution in [2.75, 3.05) is 0 Å². The van der Waals surface area contributed by atoms with Crippen LogP contribution in [0.5, 0.6) is 0 Å². The maximum Gasteiger partial charge on any atom is 0.0995 e. The molecule has 1 atom stereocenters. The SMILES string of the molecule is Cc1ccc(C(N)c2cc(Cl)sc2Cl)c2ccccc12. The lowest BCUT2D eigenvalue weighted by Gasteiger charge is -2.15. The minimum Gasteiger partial charge on any atom is -0.320 e. The second-order valence-corrected chi connectivity index (χ2v) is 7.06. The van der Waals surface area contributed by atoms with Crippen LogP contribution >= 0.6 is 34.5 Å². The van der Waals surface area contributed by atoms with Gasteiger partial charge in [-0.1, -0.05) is 59.6 Å². The van der Waals surface area contributed by atoms with Gasteiger partial charge >= 0.3 is 0 Å². The molecule has 0 bridgehead atoms. The number of hydrogen-bond acceptors (Lipinski definition) is 2. The highest BCUT2D eigenvalue weighted by atomic mass is 35.5. The van der Waals surface area contributed by atoms with Crippen molar-refractivity contribution in [2.24, 2.45) is 5.73 Å². The van der Waals surface area contributed by atoms with E-state index in [0.717, 1.165) is 11.1 Å². The number of halogens is 2. The van der Waals surface area contributed by atoms with Crippen molar-refractivity contribution in [3.63, 3.8) is 0 Å². The average Bonchev–Trinajstić information content (AvgIpc) is 2.78. The number of benzene rings is 2. The van der Waals surface area contributed by atoms with Crippen LogP contribution in [0.25, 0.3) is 10.8 Å². The van der Waals surface area contributed by atoms with Gasteiger partial charge in [0.25, 0.3) is 0 Å². The molecule has 3 rings (SSSR count). The molecule has 20 heavy (non-hydrogen) atoms.